The molecule has 0 saturated carbocycles. The topological polar surface area (TPSA) is 55.1 Å². The summed E-state index contributed by atoms with van der Waals surface area (Å²) in [5.74, 6) is 0.403. The number of carbonyl (C=O) groups excluding carboxylic acids is 1. The molecule has 1 aliphatic rings. The summed E-state index contributed by atoms with van der Waals surface area (Å²) in [5, 5.41) is 3.35. The summed E-state index contributed by atoms with van der Waals surface area (Å²) in [6.45, 7) is 1.92. The molecule has 2 unspecified atom stereocenters. The van der Waals surface area contributed by atoms with Gasteiger partial charge in [0.05, 0.1) is 0 Å². The number of thioether (sulfide) groups is 1. The van der Waals surface area contributed by atoms with Crippen molar-refractivity contribution in [2.24, 2.45) is 5.73 Å². The monoisotopic (exact) mass is 268 g/mol. The molecule has 3 nitrogen and oxygen atoms in total. The standard InChI is InChI=1S/C13H17FN2OS/c1-8(7-12(15)17)16-11-5-6-18-13-9(11)3-2-4-10(13)14/h2-4,8,11,16H,5-7H2,1H3,(H2,15,17). The summed E-state index contributed by atoms with van der Waals surface area (Å²) >= 11 is 1.55. The Balaban J connectivity index is 2.13. The van der Waals surface area contributed by atoms with E-state index in [1.807, 2.05) is 13.0 Å². The molecule has 0 fully saturated rings. The van der Waals surface area contributed by atoms with Crippen LogP contribution in [-0.2, 0) is 4.79 Å². The molecule has 5 heteroatoms. The molecule has 0 spiro atoms. The van der Waals surface area contributed by atoms with Gasteiger partial charge in [0.25, 0.3) is 0 Å². The number of hydrogen-bond acceptors (Lipinski definition) is 3. The van der Waals surface area contributed by atoms with Crippen LogP contribution >= 0.6 is 11.8 Å². The SMILES string of the molecule is CC(CC(N)=O)NC1CCSc2c(F)cccc21. The maximum absolute atomic E-state index is 13.7. The Morgan fingerprint density at radius 1 is 1.67 bits per heavy atom. The minimum absolute atomic E-state index is 0.00622. The molecule has 0 aromatic heterocycles. The highest BCUT2D eigenvalue weighted by molar-refractivity contribution is 7.99. The summed E-state index contributed by atoms with van der Waals surface area (Å²) in [4.78, 5) is 11.6. The van der Waals surface area contributed by atoms with Gasteiger partial charge in [-0.1, -0.05) is 12.1 Å². The smallest absolute Gasteiger partial charge is 0.218 e. The maximum Gasteiger partial charge on any atom is 0.218 e. The summed E-state index contributed by atoms with van der Waals surface area (Å²) < 4.78 is 13.7. The molecule has 3 N–H and O–H groups in total. The Morgan fingerprint density at radius 3 is 3.17 bits per heavy atom. The molecule has 0 saturated heterocycles. The van der Waals surface area contributed by atoms with E-state index in [0.717, 1.165) is 22.6 Å². The molecule has 0 bridgehead atoms. The Bertz CT molecular complexity index is 453. The van der Waals surface area contributed by atoms with Crippen molar-refractivity contribution in [2.75, 3.05) is 5.75 Å². The zero-order valence-electron chi connectivity index (χ0n) is 10.3. The lowest BCUT2D eigenvalue weighted by atomic mass is 10.0. The van der Waals surface area contributed by atoms with Crippen molar-refractivity contribution in [1.82, 2.24) is 5.32 Å². The molecule has 1 heterocycles. The van der Waals surface area contributed by atoms with E-state index in [-0.39, 0.29) is 23.8 Å². The van der Waals surface area contributed by atoms with E-state index >= 15 is 0 Å². The summed E-state index contributed by atoms with van der Waals surface area (Å²) in [5.41, 5.74) is 6.16. The Hall–Kier alpha value is -1.07. The highest BCUT2D eigenvalue weighted by Crippen LogP contribution is 2.37. The van der Waals surface area contributed by atoms with E-state index in [4.69, 9.17) is 5.73 Å². The summed E-state index contributed by atoms with van der Waals surface area (Å²) in [6.07, 6.45) is 1.23. The van der Waals surface area contributed by atoms with Gasteiger partial charge < -0.3 is 11.1 Å². The van der Waals surface area contributed by atoms with Gasteiger partial charge in [0.2, 0.25) is 5.91 Å². The van der Waals surface area contributed by atoms with Crippen LogP contribution in [0.3, 0.4) is 0 Å². The van der Waals surface area contributed by atoms with Crippen molar-refractivity contribution >= 4 is 17.7 Å². The van der Waals surface area contributed by atoms with Crippen LogP contribution < -0.4 is 11.1 Å². The van der Waals surface area contributed by atoms with Crippen LogP contribution in [0.2, 0.25) is 0 Å². The van der Waals surface area contributed by atoms with Crippen LogP contribution in [0, 0.1) is 5.82 Å². The second-order valence-corrected chi connectivity index (χ2v) is 5.69. The predicted molar refractivity (Wildman–Crippen MR) is 70.9 cm³/mol. The lowest BCUT2D eigenvalue weighted by molar-refractivity contribution is -0.118. The number of nitrogens with two attached hydrogens (primary N) is 1. The first kappa shape index (κ1) is 13.4. The number of nitrogens with one attached hydrogen (secondary N) is 1. The zero-order valence-corrected chi connectivity index (χ0v) is 11.1. The number of carbonyl (C=O) groups is 1. The van der Waals surface area contributed by atoms with Crippen molar-refractivity contribution in [3.05, 3.63) is 29.6 Å². The maximum atomic E-state index is 13.7. The molecule has 1 aliphatic heterocycles. The minimum atomic E-state index is -0.320. The number of rotatable bonds is 4. The second kappa shape index (κ2) is 5.71. The molecule has 1 aromatic rings. The quantitative estimate of drug-likeness (QED) is 0.880. The largest absolute Gasteiger partial charge is 0.370 e. The molecule has 2 atom stereocenters. The fraction of sp³-hybridized carbons (Fsp3) is 0.462. The summed E-state index contributed by atoms with van der Waals surface area (Å²) in [7, 11) is 0. The van der Waals surface area contributed by atoms with Crippen LogP contribution in [0.5, 0.6) is 0 Å². The van der Waals surface area contributed by atoms with Gasteiger partial charge in [-0.15, -0.1) is 11.8 Å². The Morgan fingerprint density at radius 2 is 2.44 bits per heavy atom. The van der Waals surface area contributed by atoms with Crippen LogP contribution in [0.1, 0.15) is 31.4 Å². The van der Waals surface area contributed by atoms with Crippen molar-refractivity contribution < 1.29 is 9.18 Å². The van der Waals surface area contributed by atoms with Gasteiger partial charge in [0.15, 0.2) is 0 Å². The molecular formula is C13H17FN2OS. The first-order valence-electron chi connectivity index (χ1n) is 6.03. The number of primary amides is 1. The molecule has 1 aromatic carbocycles. The van der Waals surface area contributed by atoms with Gasteiger partial charge in [-0.05, 0) is 30.7 Å². The minimum Gasteiger partial charge on any atom is -0.370 e. The van der Waals surface area contributed by atoms with Gasteiger partial charge in [-0.3, -0.25) is 4.79 Å². The van der Waals surface area contributed by atoms with Gasteiger partial charge >= 0.3 is 0 Å². The van der Waals surface area contributed by atoms with Gasteiger partial charge in [0, 0.05) is 23.4 Å². The average molecular weight is 268 g/mol. The molecule has 18 heavy (non-hydrogen) atoms. The van der Waals surface area contributed by atoms with Gasteiger partial charge in [-0.25, -0.2) is 4.39 Å². The third kappa shape index (κ3) is 3.03. The lowest BCUT2D eigenvalue weighted by Crippen LogP contribution is -2.35. The van der Waals surface area contributed by atoms with E-state index in [2.05, 4.69) is 5.32 Å². The number of amides is 1. The van der Waals surface area contributed by atoms with Gasteiger partial charge in [0.1, 0.15) is 5.82 Å². The van der Waals surface area contributed by atoms with Crippen LogP contribution in [0.15, 0.2) is 23.1 Å². The molecule has 0 aliphatic carbocycles. The van der Waals surface area contributed by atoms with Crippen molar-refractivity contribution in [3.63, 3.8) is 0 Å². The van der Waals surface area contributed by atoms with Gasteiger partial charge in [-0.2, -0.15) is 0 Å². The van der Waals surface area contributed by atoms with E-state index in [0.29, 0.717) is 6.42 Å². The average Bonchev–Trinajstić information content (AvgIpc) is 2.29. The first-order valence-corrected chi connectivity index (χ1v) is 7.02. The van der Waals surface area contributed by atoms with E-state index in [1.54, 1.807) is 17.8 Å². The Kier molecular flexibility index (Phi) is 4.24. The van der Waals surface area contributed by atoms with Crippen molar-refractivity contribution in [1.29, 1.82) is 0 Å². The molecular weight excluding hydrogens is 251 g/mol. The first-order chi connectivity index (χ1) is 8.58. The predicted octanol–water partition coefficient (Wildman–Crippen LogP) is 2.22. The second-order valence-electron chi connectivity index (χ2n) is 4.59. The lowest BCUT2D eigenvalue weighted by Gasteiger charge is -2.28. The number of fused-ring (bicyclic) bond motifs is 1. The van der Waals surface area contributed by atoms with E-state index < -0.39 is 0 Å². The fourth-order valence-electron chi connectivity index (χ4n) is 2.26. The highest BCUT2D eigenvalue weighted by Gasteiger charge is 2.24. The van der Waals surface area contributed by atoms with E-state index in [9.17, 15) is 9.18 Å². The molecule has 2 rings (SSSR count). The van der Waals surface area contributed by atoms with E-state index in [1.165, 1.54) is 6.07 Å². The normalized spacial score (nSPS) is 20.2. The Labute approximate surface area is 110 Å². The zero-order chi connectivity index (χ0) is 13.1. The van der Waals surface area contributed by atoms with Crippen molar-refractivity contribution in [3.8, 4) is 0 Å². The highest BCUT2D eigenvalue weighted by atomic mass is 32.2. The fourth-order valence-corrected chi connectivity index (χ4v) is 3.40. The number of hydrogen-bond donors (Lipinski definition) is 2. The number of benzene rings is 1. The third-order valence-electron chi connectivity index (χ3n) is 3.02. The van der Waals surface area contributed by atoms with Crippen molar-refractivity contribution in [2.45, 2.75) is 36.7 Å². The molecule has 98 valence electrons. The summed E-state index contributed by atoms with van der Waals surface area (Å²) in [6, 6.07) is 5.27. The van der Waals surface area contributed by atoms with Crippen LogP contribution in [0.25, 0.3) is 0 Å². The molecule has 0 radical (unpaired) electrons. The number of halogens is 1. The van der Waals surface area contributed by atoms with Crippen LogP contribution in [0.4, 0.5) is 4.39 Å². The van der Waals surface area contributed by atoms with Crippen LogP contribution in [-0.4, -0.2) is 17.7 Å². The molecule has 1 amide bonds. The third-order valence-corrected chi connectivity index (χ3v) is 4.18.